The molecule has 3 atom stereocenters. The van der Waals surface area contributed by atoms with Crippen molar-refractivity contribution in [3.63, 3.8) is 0 Å². The first-order chi connectivity index (χ1) is 8.60. The van der Waals surface area contributed by atoms with Gasteiger partial charge in [-0.2, -0.15) is 0 Å². The molecule has 0 aliphatic carbocycles. The lowest BCUT2D eigenvalue weighted by Gasteiger charge is -2.26. The molecule has 0 radical (unpaired) electrons. The molecule has 0 bridgehead atoms. The summed E-state index contributed by atoms with van der Waals surface area (Å²) in [6.45, 7) is 4.43. The number of ether oxygens (including phenoxy) is 3. The number of hydrogen-bond acceptors (Lipinski definition) is 4. The van der Waals surface area contributed by atoms with Crippen LogP contribution in [0, 0.1) is 0 Å². The van der Waals surface area contributed by atoms with Crippen molar-refractivity contribution < 1.29 is 14.2 Å². The Hall–Kier alpha value is -1.10. The molecular weight excluding hydrogens is 230 g/mol. The molecule has 1 aromatic carbocycles. The van der Waals surface area contributed by atoms with Gasteiger partial charge in [-0.25, -0.2) is 0 Å². The number of rotatable bonds is 7. The molecule has 0 saturated carbocycles. The van der Waals surface area contributed by atoms with E-state index < -0.39 is 0 Å². The Morgan fingerprint density at radius 1 is 1.17 bits per heavy atom. The molecule has 1 aromatic rings. The smallest absolute Gasteiger partial charge is 0.124 e. The minimum absolute atomic E-state index is 0.0177. The van der Waals surface area contributed by atoms with E-state index in [1.165, 1.54) is 0 Å². The van der Waals surface area contributed by atoms with Gasteiger partial charge in [0.15, 0.2) is 0 Å². The molecule has 3 unspecified atom stereocenters. The SMILES string of the molecule is COCC(C)OC(c1ccccc1OC)C(C)N. The average molecular weight is 253 g/mol. The monoisotopic (exact) mass is 253 g/mol. The van der Waals surface area contributed by atoms with Gasteiger partial charge in [-0.3, -0.25) is 0 Å². The Morgan fingerprint density at radius 2 is 1.83 bits per heavy atom. The minimum atomic E-state index is -0.203. The van der Waals surface area contributed by atoms with Crippen LogP contribution in [0.5, 0.6) is 5.75 Å². The van der Waals surface area contributed by atoms with Gasteiger partial charge < -0.3 is 19.9 Å². The second-order valence-electron chi connectivity index (χ2n) is 4.42. The van der Waals surface area contributed by atoms with Crippen LogP contribution in [0.2, 0.25) is 0 Å². The first-order valence-corrected chi connectivity index (χ1v) is 6.13. The molecule has 0 heterocycles. The summed E-state index contributed by atoms with van der Waals surface area (Å²) in [5.41, 5.74) is 6.99. The molecular formula is C14H23NO3. The van der Waals surface area contributed by atoms with Gasteiger partial charge in [0.05, 0.1) is 19.8 Å². The number of nitrogens with two attached hydrogens (primary N) is 1. The predicted octanol–water partition coefficient (Wildman–Crippen LogP) is 2.14. The highest BCUT2D eigenvalue weighted by Gasteiger charge is 2.22. The van der Waals surface area contributed by atoms with Crippen LogP contribution >= 0.6 is 0 Å². The highest BCUT2D eigenvalue weighted by Crippen LogP contribution is 2.30. The first-order valence-electron chi connectivity index (χ1n) is 6.13. The Bertz CT molecular complexity index is 355. The Morgan fingerprint density at radius 3 is 2.39 bits per heavy atom. The quantitative estimate of drug-likeness (QED) is 0.809. The maximum absolute atomic E-state index is 6.02. The fourth-order valence-electron chi connectivity index (χ4n) is 1.91. The number of hydrogen-bond donors (Lipinski definition) is 1. The summed E-state index contributed by atoms with van der Waals surface area (Å²) in [6.07, 6.45) is -0.220. The van der Waals surface area contributed by atoms with Crippen molar-refractivity contribution in [2.24, 2.45) is 5.73 Å². The zero-order valence-electron chi connectivity index (χ0n) is 11.6. The number of para-hydroxylation sites is 1. The molecule has 0 fully saturated rings. The van der Waals surface area contributed by atoms with Crippen LogP contribution in [0.25, 0.3) is 0 Å². The van der Waals surface area contributed by atoms with Gasteiger partial charge >= 0.3 is 0 Å². The van der Waals surface area contributed by atoms with Crippen LogP contribution in [-0.2, 0) is 9.47 Å². The van der Waals surface area contributed by atoms with Crippen LogP contribution in [0.3, 0.4) is 0 Å². The van der Waals surface area contributed by atoms with Crippen LogP contribution in [0.15, 0.2) is 24.3 Å². The Kier molecular flexibility index (Phi) is 6.12. The van der Waals surface area contributed by atoms with Crippen LogP contribution in [-0.4, -0.2) is 33.0 Å². The van der Waals surface area contributed by atoms with E-state index in [1.807, 2.05) is 38.1 Å². The number of benzene rings is 1. The summed E-state index contributed by atoms with van der Waals surface area (Å²) in [5.74, 6) is 0.796. The maximum Gasteiger partial charge on any atom is 0.124 e. The molecule has 0 aromatic heterocycles. The molecule has 0 aliphatic rings. The highest BCUT2D eigenvalue weighted by atomic mass is 16.5. The second kappa shape index (κ2) is 7.36. The van der Waals surface area contributed by atoms with Crippen LogP contribution in [0.4, 0.5) is 0 Å². The third-order valence-corrected chi connectivity index (χ3v) is 2.70. The van der Waals surface area contributed by atoms with Crippen molar-refractivity contribution >= 4 is 0 Å². The number of methoxy groups -OCH3 is 2. The Labute approximate surface area is 109 Å². The summed E-state index contributed by atoms with van der Waals surface area (Å²) in [7, 11) is 3.31. The average Bonchev–Trinajstić information content (AvgIpc) is 2.36. The van der Waals surface area contributed by atoms with E-state index in [0.717, 1.165) is 11.3 Å². The summed E-state index contributed by atoms with van der Waals surface area (Å²) < 4.78 is 16.4. The van der Waals surface area contributed by atoms with E-state index in [9.17, 15) is 0 Å². The lowest BCUT2D eigenvalue weighted by Crippen LogP contribution is -2.31. The van der Waals surface area contributed by atoms with Crippen molar-refractivity contribution in [2.75, 3.05) is 20.8 Å². The van der Waals surface area contributed by atoms with Gasteiger partial charge in [0.2, 0.25) is 0 Å². The summed E-state index contributed by atoms with van der Waals surface area (Å²) in [4.78, 5) is 0. The third-order valence-electron chi connectivity index (χ3n) is 2.70. The summed E-state index contributed by atoms with van der Waals surface area (Å²) in [6, 6.07) is 7.65. The molecule has 0 aliphatic heterocycles. The molecule has 2 N–H and O–H groups in total. The molecule has 102 valence electrons. The minimum Gasteiger partial charge on any atom is -0.496 e. The molecule has 1 rings (SSSR count). The third kappa shape index (κ3) is 3.98. The van der Waals surface area contributed by atoms with E-state index in [0.29, 0.717) is 6.61 Å². The van der Waals surface area contributed by atoms with E-state index in [1.54, 1.807) is 14.2 Å². The maximum atomic E-state index is 6.02. The fraction of sp³-hybridized carbons (Fsp3) is 0.571. The standard InChI is InChI=1S/C14H23NO3/c1-10(9-16-3)18-14(11(2)15)12-7-5-6-8-13(12)17-4/h5-8,10-11,14H,9,15H2,1-4H3. The van der Waals surface area contributed by atoms with E-state index in [-0.39, 0.29) is 18.2 Å². The predicted molar refractivity (Wildman–Crippen MR) is 71.8 cm³/mol. The van der Waals surface area contributed by atoms with Crippen molar-refractivity contribution in [3.8, 4) is 5.75 Å². The zero-order chi connectivity index (χ0) is 13.5. The lowest BCUT2D eigenvalue weighted by atomic mass is 10.0. The summed E-state index contributed by atoms with van der Waals surface area (Å²) in [5, 5.41) is 0. The molecule has 0 amide bonds. The van der Waals surface area contributed by atoms with Crippen molar-refractivity contribution in [1.82, 2.24) is 0 Å². The lowest BCUT2D eigenvalue weighted by molar-refractivity contribution is -0.0488. The highest BCUT2D eigenvalue weighted by molar-refractivity contribution is 5.35. The van der Waals surface area contributed by atoms with Crippen molar-refractivity contribution in [1.29, 1.82) is 0 Å². The molecule has 4 heteroatoms. The second-order valence-corrected chi connectivity index (χ2v) is 4.42. The molecule has 18 heavy (non-hydrogen) atoms. The zero-order valence-corrected chi connectivity index (χ0v) is 11.6. The molecule has 0 saturated heterocycles. The van der Waals surface area contributed by atoms with Gasteiger partial charge in [-0.1, -0.05) is 18.2 Å². The van der Waals surface area contributed by atoms with Gasteiger partial charge in [0.1, 0.15) is 11.9 Å². The van der Waals surface area contributed by atoms with Crippen LogP contribution in [0.1, 0.15) is 25.5 Å². The Balaban J connectivity index is 2.90. The summed E-state index contributed by atoms with van der Waals surface area (Å²) >= 11 is 0. The van der Waals surface area contributed by atoms with Gasteiger partial charge in [-0.15, -0.1) is 0 Å². The normalized spacial score (nSPS) is 16.1. The van der Waals surface area contributed by atoms with E-state index in [2.05, 4.69) is 0 Å². The van der Waals surface area contributed by atoms with Gasteiger partial charge in [-0.05, 0) is 19.9 Å². The molecule has 4 nitrogen and oxygen atoms in total. The van der Waals surface area contributed by atoms with Crippen LogP contribution < -0.4 is 10.5 Å². The van der Waals surface area contributed by atoms with E-state index >= 15 is 0 Å². The molecule has 0 spiro atoms. The van der Waals surface area contributed by atoms with E-state index in [4.69, 9.17) is 19.9 Å². The van der Waals surface area contributed by atoms with Gasteiger partial charge in [0.25, 0.3) is 0 Å². The largest absolute Gasteiger partial charge is 0.496 e. The van der Waals surface area contributed by atoms with Gasteiger partial charge in [0, 0.05) is 18.7 Å². The van der Waals surface area contributed by atoms with Crippen molar-refractivity contribution in [3.05, 3.63) is 29.8 Å². The van der Waals surface area contributed by atoms with Crippen molar-refractivity contribution in [2.45, 2.75) is 32.1 Å². The fourth-order valence-corrected chi connectivity index (χ4v) is 1.91. The topological polar surface area (TPSA) is 53.7 Å². The first kappa shape index (κ1) is 15.0.